The molecule has 0 bridgehead atoms. The minimum atomic E-state index is 0.0503. The van der Waals surface area contributed by atoms with Gasteiger partial charge >= 0.3 is 0 Å². The minimum Gasteiger partial charge on any atom is -0.395 e. The summed E-state index contributed by atoms with van der Waals surface area (Å²) < 4.78 is 2.10. The number of hydrogen-bond acceptors (Lipinski definition) is 5. The second kappa shape index (κ2) is 9.30. The molecule has 0 aliphatic heterocycles. The van der Waals surface area contributed by atoms with E-state index >= 15 is 0 Å². The Morgan fingerprint density at radius 3 is 2.25 bits per heavy atom. The summed E-state index contributed by atoms with van der Waals surface area (Å²) in [5.74, 6) is 0. The van der Waals surface area contributed by atoms with E-state index in [2.05, 4.69) is 27.9 Å². The van der Waals surface area contributed by atoms with Gasteiger partial charge in [0.25, 0.3) is 0 Å². The number of nitrogens with zero attached hydrogens (tertiary/aromatic N) is 4. The molecule has 0 aliphatic carbocycles. The monoisotopic (exact) mass is 379 g/mol. The molecule has 0 aliphatic rings. The summed E-state index contributed by atoms with van der Waals surface area (Å²) in [5, 5.41) is 26.0. The highest BCUT2D eigenvalue weighted by atomic mass is 16.3. The topological polar surface area (TPSA) is 63.2 Å². The Hall–Kier alpha value is -2.96. The number of hydrazone groups is 1. The zero-order valence-corrected chi connectivity index (χ0v) is 16.4. The van der Waals surface area contributed by atoms with Crippen molar-refractivity contribution in [2.75, 3.05) is 43.3 Å². The summed E-state index contributed by atoms with van der Waals surface area (Å²) in [6.45, 7) is 1.09. The number of anilines is 2. The molecule has 0 saturated heterocycles. The van der Waals surface area contributed by atoms with Gasteiger partial charge in [0.05, 0.1) is 30.5 Å². The van der Waals surface area contributed by atoms with Crippen LogP contribution in [-0.2, 0) is 7.05 Å². The average Bonchev–Trinajstić information content (AvgIpc) is 2.73. The van der Waals surface area contributed by atoms with Crippen molar-refractivity contribution < 1.29 is 14.8 Å². The fraction of sp³-hybridized carbons (Fsp3) is 0.273. The van der Waals surface area contributed by atoms with Crippen molar-refractivity contribution in [3.63, 3.8) is 0 Å². The van der Waals surface area contributed by atoms with Crippen molar-refractivity contribution in [3.05, 3.63) is 66.4 Å². The molecule has 1 aromatic heterocycles. The molecule has 2 N–H and O–H groups in total. The molecule has 3 aromatic rings. The van der Waals surface area contributed by atoms with Gasteiger partial charge in [-0.05, 0) is 30.3 Å². The number of aliphatic hydroxyl groups is 2. The maximum absolute atomic E-state index is 9.19. The van der Waals surface area contributed by atoms with Crippen molar-refractivity contribution in [3.8, 4) is 0 Å². The Morgan fingerprint density at radius 2 is 1.57 bits per heavy atom. The van der Waals surface area contributed by atoms with Crippen LogP contribution in [0.3, 0.4) is 0 Å². The first-order valence-electron chi connectivity index (χ1n) is 9.36. The van der Waals surface area contributed by atoms with Gasteiger partial charge in [0.15, 0.2) is 6.20 Å². The lowest BCUT2D eigenvalue weighted by Crippen LogP contribution is -2.29. The lowest BCUT2D eigenvalue weighted by molar-refractivity contribution is -0.644. The van der Waals surface area contributed by atoms with Crippen molar-refractivity contribution in [1.82, 2.24) is 0 Å². The van der Waals surface area contributed by atoms with Crippen LogP contribution in [0, 0.1) is 0 Å². The Kier molecular flexibility index (Phi) is 6.57. The summed E-state index contributed by atoms with van der Waals surface area (Å²) >= 11 is 0. The number of hydrogen-bond donors (Lipinski definition) is 2. The number of benzene rings is 2. The van der Waals surface area contributed by atoms with Gasteiger partial charge in [-0.15, -0.1) is 0 Å². The van der Waals surface area contributed by atoms with Gasteiger partial charge < -0.3 is 15.1 Å². The molecule has 0 saturated carbocycles. The van der Waals surface area contributed by atoms with E-state index < -0.39 is 0 Å². The van der Waals surface area contributed by atoms with Gasteiger partial charge in [-0.3, -0.25) is 5.01 Å². The highest BCUT2D eigenvalue weighted by Gasteiger charge is 2.08. The van der Waals surface area contributed by atoms with Crippen LogP contribution in [0.4, 0.5) is 11.4 Å². The summed E-state index contributed by atoms with van der Waals surface area (Å²) in [7, 11) is 3.95. The highest BCUT2D eigenvalue weighted by Crippen LogP contribution is 2.20. The van der Waals surface area contributed by atoms with E-state index in [1.165, 1.54) is 0 Å². The molecular weight excluding hydrogens is 352 g/mol. The summed E-state index contributed by atoms with van der Waals surface area (Å²) in [6, 6.07) is 18.2. The first-order chi connectivity index (χ1) is 13.6. The molecular formula is C22H27N4O2+. The Morgan fingerprint density at radius 1 is 0.929 bits per heavy atom. The molecule has 6 heteroatoms. The molecule has 3 rings (SSSR count). The zero-order chi connectivity index (χ0) is 19.9. The van der Waals surface area contributed by atoms with Crippen molar-refractivity contribution in [2.24, 2.45) is 12.1 Å². The van der Waals surface area contributed by atoms with E-state index in [-0.39, 0.29) is 13.2 Å². The van der Waals surface area contributed by atoms with Crippen LogP contribution in [0.1, 0.15) is 5.56 Å². The van der Waals surface area contributed by atoms with Gasteiger partial charge in [0, 0.05) is 43.5 Å². The quantitative estimate of drug-likeness (QED) is 0.357. The third kappa shape index (κ3) is 4.47. The van der Waals surface area contributed by atoms with Crippen molar-refractivity contribution >= 4 is 28.5 Å². The minimum absolute atomic E-state index is 0.0503. The second-order valence-corrected chi connectivity index (χ2v) is 6.62. The molecule has 0 fully saturated rings. The van der Waals surface area contributed by atoms with Crippen molar-refractivity contribution in [2.45, 2.75) is 0 Å². The number of aliphatic hydroxyl groups excluding tert-OH is 2. The predicted octanol–water partition coefficient (Wildman–Crippen LogP) is 1.93. The van der Waals surface area contributed by atoms with Crippen molar-refractivity contribution in [1.29, 1.82) is 0 Å². The average molecular weight is 379 g/mol. The molecule has 0 unspecified atom stereocenters. The maximum Gasteiger partial charge on any atom is 0.212 e. The molecule has 146 valence electrons. The van der Waals surface area contributed by atoms with Gasteiger partial charge in [-0.2, -0.15) is 5.10 Å². The Labute approximate surface area is 165 Å². The van der Waals surface area contributed by atoms with Gasteiger partial charge in [0.2, 0.25) is 5.52 Å². The van der Waals surface area contributed by atoms with Crippen LogP contribution in [0.2, 0.25) is 0 Å². The first kappa shape index (κ1) is 19.8. The number of aromatic nitrogens is 1. The van der Waals surface area contributed by atoms with Crippen LogP contribution in [0.5, 0.6) is 0 Å². The van der Waals surface area contributed by atoms with E-state index in [1.807, 2.05) is 72.8 Å². The fourth-order valence-electron chi connectivity index (χ4n) is 3.21. The lowest BCUT2D eigenvalue weighted by atomic mass is 10.1. The summed E-state index contributed by atoms with van der Waals surface area (Å²) in [5.41, 5.74) is 4.14. The van der Waals surface area contributed by atoms with E-state index in [1.54, 1.807) is 0 Å². The SMILES string of the molecule is CN(N=Cc1cc[n+](C)c2ccccc12)c1ccc(N(CCO)CCO)cc1. The third-order valence-corrected chi connectivity index (χ3v) is 4.77. The summed E-state index contributed by atoms with van der Waals surface area (Å²) in [6.07, 6.45) is 3.91. The lowest BCUT2D eigenvalue weighted by Gasteiger charge is -2.23. The summed E-state index contributed by atoms with van der Waals surface area (Å²) in [4.78, 5) is 1.95. The molecule has 6 nitrogen and oxygen atoms in total. The number of fused-ring (bicyclic) bond motifs is 1. The van der Waals surface area contributed by atoms with Gasteiger partial charge in [-0.1, -0.05) is 12.1 Å². The Balaban J connectivity index is 1.78. The van der Waals surface area contributed by atoms with Crippen LogP contribution >= 0.6 is 0 Å². The molecule has 0 amide bonds. The smallest absolute Gasteiger partial charge is 0.212 e. The van der Waals surface area contributed by atoms with E-state index in [4.69, 9.17) is 0 Å². The number of aryl methyl sites for hydroxylation is 1. The highest BCUT2D eigenvalue weighted by molar-refractivity contribution is 5.97. The van der Waals surface area contributed by atoms with Crippen LogP contribution in [0.25, 0.3) is 10.9 Å². The maximum atomic E-state index is 9.19. The van der Waals surface area contributed by atoms with Gasteiger partial charge in [-0.25, -0.2) is 4.57 Å². The number of para-hydroxylation sites is 1. The molecule has 28 heavy (non-hydrogen) atoms. The fourth-order valence-corrected chi connectivity index (χ4v) is 3.21. The van der Waals surface area contributed by atoms with Crippen LogP contribution < -0.4 is 14.5 Å². The predicted molar refractivity (Wildman–Crippen MR) is 114 cm³/mol. The molecule has 0 spiro atoms. The number of rotatable bonds is 8. The largest absolute Gasteiger partial charge is 0.395 e. The number of pyridine rings is 1. The molecule has 0 atom stereocenters. The second-order valence-electron chi connectivity index (χ2n) is 6.62. The zero-order valence-electron chi connectivity index (χ0n) is 16.4. The molecule has 1 heterocycles. The van der Waals surface area contributed by atoms with Gasteiger partial charge in [0.1, 0.15) is 7.05 Å². The Bertz CT molecular complexity index is 935. The van der Waals surface area contributed by atoms with E-state index in [0.29, 0.717) is 13.1 Å². The van der Waals surface area contributed by atoms with Crippen LogP contribution in [-0.4, -0.2) is 49.8 Å². The standard InChI is InChI=1S/C22H27N4O2/c1-24-12-11-18(21-5-3-4-6-22(21)24)17-23-25(2)19-7-9-20(10-8-19)26(13-15-27)14-16-28/h3-12,17,27-28H,13-16H2,1-2H3/q+1. The van der Waals surface area contributed by atoms with E-state index in [9.17, 15) is 10.2 Å². The first-order valence-corrected chi connectivity index (χ1v) is 9.36. The molecule has 0 radical (unpaired) electrons. The normalized spacial score (nSPS) is 11.3. The van der Waals surface area contributed by atoms with E-state index in [0.717, 1.165) is 27.8 Å². The third-order valence-electron chi connectivity index (χ3n) is 4.77. The molecule has 2 aromatic carbocycles. The van der Waals surface area contributed by atoms with Crippen LogP contribution in [0.15, 0.2) is 65.9 Å².